The van der Waals surface area contributed by atoms with Crippen molar-refractivity contribution < 1.29 is 27.1 Å². The molecule has 2 atom stereocenters. The number of nitrogens with one attached hydrogen (secondary N) is 2. The Hall–Kier alpha value is -2.93. The average Bonchev–Trinajstić information content (AvgIpc) is 3.38. The number of anilines is 1. The Kier molecular flexibility index (Phi) is 6.94. The largest absolute Gasteiger partial charge is 0.453 e. The minimum atomic E-state index is -4.47. The van der Waals surface area contributed by atoms with Crippen molar-refractivity contribution in [2.75, 3.05) is 32.6 Å². The molecule has 1 fully saturated rings. The molecule has 0 spiro atoms. The van der Waals surface area contributed by atoms with Gasteiger partial charge in [0, 0.05) is 24.2 Å². The maximum Gasteiger partial charge on any atom is 0.407 e. The number of hydrogen-bond acceptors (Lipinski definition) is 7. The highest BCUT2D eigenvalue weighted by molar-refractivity contribution is 7.14. The second-order valence-electron chi connectivity index (χ2n) is 8.13. The number of hydrogen-bond donors (Lipinski definition) is 2. The van der Waals surface area contributed by atoms with E-state index in [9.17, 15) is 22.4 Å². The molecule has 1 saturated heterocycles. The molecule has 4 rings (SSSR count). The fourth-order valence-electron chi connectivity index (χ4n) is 4.00. The highest BCUT2D eigenvalue weighted by atomic mass is 32.1. The normalized spacial score (nSPS) is 19.4. The number of nitrogens with zero attached hydrogens (tertiary/aromatic N) is 4. The Morgan fingerprint density at radius 3 is 2.82 bits per heavy atom. The van der Waals surface area contributed by atoms with Crippen LogP contribution in [0.1, 0.15) is 11.4 Å². The molecule has 3 aromatic rings. The summed E-state index contributed by atoms with van der Waals surface area (Å²) in [6.07, 6.45) is -5.64. The molecular formula is C21H24F4N6O2S. The molecule has 1 aliphatic heterocycles. The van der Waals surface area contributed by atoms with Crippen LogP contribution >= 0.6 is 11.3 Å². The van der Waals surface area contributed by atoms with Gasteiger partial charge in [-0.05, 0) is 31.7 Å². The quantitative estimate of drug-likeness (QED) is 0.498. The molecule has 2 N–H and O–H groups in total. The number of amides is 1. The molecule has 0 bridgehead atoms. The highest BCUT2D eigenvalue weighted by Crippen LogP contribution is 2.36. The van der Waals surface area contributed by atoms with Gasteiger partial charge in [-0.1, -0.05) is 17.4 Å². The summed E-state index contributed by atoms with van der Waals surface area (Å²) in [5.74, 6) is 0. The van der Waals surface area contributed by atoms with Gasteiger partial charge >= 0.3 is 12.3 Å². The van der Waals surface area contributed by atoms with Crippen LogP contribution in [0.3, 0.4) is 0 Å². The third-order valence-corrected chi connectivity index (χ3v) is 6.57. The fraction of sp³-hybridized carbons (Fsp3) is 0.476. The van der Waals surface area contributed by atoms with Crippen LogP contribution in [0.4, 0.5) is 28.0 Å². The van der Waals surface area contributed by atoms with E-state index in [0.717, 1.165) is 22.4 Å². The summed E-state index contributed by atoms with van der Waals surface area (Å²) >= 11 is 1.07. The van der Waals surface area contributed by atoms with E-state index >= 15 is 0 Å². The van der Waals surface area contributed by atoms with Crippen LogP contribution in [0, 0.1) is 0 Å². The van der Waals surface area contributed by atoms with Crippen molar-refractivity contribution in [3.8, 4) is 10.7 Å². The number of likely N-dealkylation sites (tertiary alicyclic amines) is 1. The molecule has 34 heavy (non-hydrogen) atoms. The fourth-order valence-corrected chi connectivity index (χ4v) is 4.81. The van der Waals surface area contributed by atoms with E-state index in [0.29, 0.717) is 34.6 Å². The average molecular weight is 501 g/mol. The lowest BCUT2D eigenvalue weighted by atomic mass is 10.0. The van der Waals surface area contributed by atoms with Gasteiger partial charge in [-0.25, -0.2) is 9.18 Å². The van der Waals surface area contributed by atoms with E-state index in [1.54, 1.807) is 24.3 Å². The van der Waals surface area contributed by atoms with Crippen molar-refractivity contribution in [3.05, 3.63) is 29.3 Å². The van der Waals surface area contributed by atoms with Crippen LogP contribution in [0.25, 0.3) is 21.6 Å². The molecule has 1 aliphatic rings. The number of methoxy groups -OCH3 is 1. The number of ether oxygens (including phenoxy) is 1. The summed E-state index contributed by atoms with van der Waals surface area (Å²) in [5.41, 5.74) is 1.16. The Morgan fingerprint density at radius 2 is 2.12 bits per heavy atom. The molecular weight excluding hydrogens is 476 g/mol. The second kappa shape index (κ2) is 9.74. The molecule has 0 radical (unpaired) electrons. The maximum absolute atomic E-state index is 14.6. The minimum absolute atomic E-state index is 0.0324. The lowest BCUT2D eigenvalue weighted by Gasteiger charge is -2.33. The van der Waals surface area contributed by atoms with Gasteiger partial charge in [-0.3, -0.25) is 0 Å². The zero-order valence-corrected chi connectivity index (χ0v) is 19.3. The van der Waals surface area contributed by atoms with E-state index < -0.39 is 31.0 Å². The van der Waals surface area contributed by atoms with Crippen molar-refractivity contribution >= 4 is 34.0 Å². The summed E-state index contributed by atoms with van der Waals surface area (Å²) in [6, 6.07) is 6.16. The molecule has 0 aliphatic carbocycles. The van der Waals surface area contributed by atoms with Gasteiger partial charge < -0.3 is 24.8 Å². The summed E-state index contributed by atoms with van der Waals surface area (Å²) < 4.78 is 60.7. The zero-order chi connectivity index (χ0) is 24.5. The van der Waals surface area contributed by atoms with Gasteiger partial charge in [0.2, 0.25) is 0 Å². The third kappa shape index (κ3) is 5.41. The highest BCUT2D eigenvalue weighted by Gasteiger charge is 2.32. The number of alkyl halides is 4. The van der Waals surface area contributed by atoms with Crippen LogP contribution in [-0.2, 0) is 17.8 Å². The topological polar surface area (TPSA) is 84.3 Å². The molecule has 184 valence electrons. The van der Waals surface area contributed by atoms with Gasteiger partial charge in [0.15, 0.2) is 5.01 Å². The Bertz CT molecular complexity index is 1160. The van der Waals surface area contributed by atoms with Crippen molar-refractivity contribution in [2.45, 2.75) is 37.9 Å². The van der Waals surface area contributed by atoms with E-state index in [1.165, 1.54) is 7.11 Å². The van der Waals surface area contributed by atoms with Gasteiger partial charge in [0.1, 0.15) is 17.7 Å². The predicted molar refractivity (Wildman–Crippen MR) is 121 cm³/mol. The van der Waals surface area contributed by atoms with Crippen LogP contribution in [0.15, 0.2) is 24.3 Å². The number of halogens is 4. The number of aromatic nitrogens is 3. The monoisotopic (exact) mass is 500 g/mol. The van der Waals surface area contributed by atoms with Gasteiger partial charge in [-0.15, -0.1) is 10.2 Å². The summed E-state index contributed by atoms with van der Waals surface area (Å²) in [4.78, 5) is 13.2. The molecule has 0 saturated carbocycles. The lowest BCUT2D eigenvalue weighted by Crippen LogP contribution is -2.46. The summed E-state index contributed by atoms with van der Waals surface area (Å²) in [6.45, 7) is -0.169. The molecule has 1 amide bonds. The second-order valence-corrected chi connectivity index (χ2v) is 9.20. The van der Waals surface area contributed by atoms with Gasteiger partial charge in [0.05, 0.1) is 30.9 Å². The van der Waals surface area contributed by atoms with Crippen LogP contribution in [-0.4, -0.2) is 71.4 Å². The Labute approximate surface area is 196 Å². The minimum Gasteiger partial charge on any atom is -0.453 e. The van der Waals surface area contributed by atoms with E-state index in [2.05, 4.69) is 25.6 Å². The molecule has 1 aromatic carbocycles. The standard InChI is InChI=1S/C21H24F4N6O2S/c1-30-7-6-15(13(22)10-30)27-14-4-3-5-16-12(14)8-17(31(16)11-21(23,24)25)19-29-28-18(34-19)9-26-20(32)33-2/h3-5,8,13,15,27H,6-7,9-11H2,1-2H3,(H,26,32)/t13-,15+/m0/s1. The first-order valence-corrected chi connectivity index (χ1v) is 11.4. The number of carbonyl (C=O) groups excluding carboxylic acids is 1. The predicted octanol–water partition coefficient (Wildman–Crippen LogP) is 4.03. The number of alkyl carbamates (subject to hydrolysis) is 1. The van der Waals surface area contributed by atoms with Crippen LogP contribution in [0.2, 0.25) is 0 Å². The first-order valence-electron chi connectivity index (χ1n) is 10.6. The van der Waals surface area contributed by atoms with Crippen LogP contribution in [0.5, 0.6) is 0 Å². The van der Waals surface area contributed by atoms with E-state index in [4.69, 9.17) is 0 Å². The van der Waals surface area contributed by atoms with Crippen LogP contribution < -0.4 is 10.6 Å². The number of carbonyl (C=O) groups is 1. The lowest BCUT2D eigenvalue weighted by molar-refractivity contribution is -0.139. The smallest absolute Gasteiger partial charge is 0.407 e. The van der Waals surface area contributed by atoms with Gasteiger partial charge in [-0.2, -0.15) is 13.2 Å². The van der Waals surface area contributed by atoms with Crippen molar-refractivity contribution in [3.63, 3.8) is 0 Å². The SMILES string of the molecule is COC(=O)NCc1nnc(-c2cc3c(N[C@@H]4CCN(C)C[C@@H]4F)cccc3n2CC(F)(F)F)s1. The number of rotatable bonds is 6. The first kappa shape index (κ1) is 24.2. The van der Waals surface area contributed by atoms with Gasteiger partial charge in [0.25, 0.3) is 0 Å². The third-order valence-electron chi connectivity index (χ3n) is 5.62. The number of fused-ring (bicyclic) bond motifs is 1. The van der Waals surface area contributed by atoms with E-state index in [1.807, 2.05) is 11.9 Å². The van der Waals surface area contributed by atoms with Crippen molar-refractivity contribution in [1.82, 2.24) is 25.0 Å². The Morgan fingerprint density at radius 1 is 1.32 bits per heavy atom. The molecule has 13 heteroatoms. The molecule has 8 nitrogen and oxygen atoms in total. The molecule has 0 unspecified atom stereocenters. The van der Waals surface area contributed by atoms with Crippen molar-refractivity contribution in [2.24, 2.45) is 0 Å². The number of benzene rings is 1. The molecule has 3 heterocycles. The van der Waals surface area contributed by atoms with Crippen molar-refractivity contribution in [1.29, 1.82) is 0 Å². The molecule has 2 aromatic heterocycles. The maximum atomic E-state index is 14.6. The zero-order valence-electron chi connectivity index (χ0n) is 18.5. The summed E-state index contributed by atoms with van der Waals surface area (Å²) in [5, 5.41) is 14.9. The first-order chi connectivity index (χ1) is 16.1. The number of piperidine rings is 1. The summed E-state index contributed by atoms with van der Waals surface area (Å²) in [7, 11) is 3.07. The Balaban J connectivity index is 1.70. The van der Waals surface area contributed by atoms with E-state index in [-0.39, 0.29) is 17.2 Å².